The van der Waals surface area contributed by atoms with E-state index >= 15 is 0 Å². The first-order chi connectivity index (χ1) is 9.15. The number of nitriles is 1. The maximum absolute atomic E-state index is 11.7. The molecular weight excluding hydrogens is 240 g/mol. The van der Waals surface area contributed by atoms with Crippen LogP contribution in [-0.2, 0) is 9.53 Å². The van der Waals surface area contributed by atoms with Crippen LogP contribution in [-0.4, -0.2) is 24.7 Å². The molecule has 1 N–H and O–H groups in total. The molecule has 4 bridgehead atoms. The van der Waals surface area contributed by atoms with Gasteiger partial charge in [-0.15, -0.1) is 0 Å². The van der Waals surface area contributed by atoms with Crippen LogP contribution in [0.25, 0.3) is 0 Å². The highest BCUT2D eigenvalue weighted by molar-refractivity contribution is 5.77. The summed E-state index contributed by atoms with van der Waals surface area (Å²) in [6, 6.07) is 1.56. The molecule has 4 aliphatic carbocycles. The highest BCUT2D eigenvalue weighted by Crippen LogP contribution is 2.54. The van der Waals surface area contributed by atoms with Gasteiger partial charge in [-0.2, -0.15) is 5.26 Å². The molecule has 4 nitrogen and oxygen atoms in total. The van der Waals surface area contributed by atoms with Gasteiger partial charge in [0.05, 0.1) is 12.2 Å². The van der Waals surface area contributed by atoms with Crippen molar-refractivity contribution in [3.8, 4) is 6.07 Å². The third-order valence-corrected chi connectivity index (χ3v) is 5.12. The molecule has 4 heteroatoms. The Morgan fingerprint density at radius 3 is 2.37 bits per heavy atom. The molecule has 4 rings (SSSR count). The lowest BCUT2D eigenvalue weighted by Crippen LogP contribution is -2.50. The van der Waals surface area contributed by atoms with Gasteiger partial charge in [-0.3, -0.25) is 4.79 Å². The largest absolute Gasteiger partial charge is 0.368 e. The number of nitrogens with zero attached hydrogens (tertiary/aromatic N) is 1. The van der Waals surface area contributed by atoms with Gasteiger partial charge in [-0.1, -0.05) is 0 Å². The second-order valence-corrected chi connectivity index (χ2v) is 6.62. The molecular formula is C15H22N2O2. The van der Waals surface area contributed by atoms with Gasteiger partial charge >= 0.3 is 0 Å². The summed E-state index contributed by atoms with van der Waals surface area (Å²) in [5.41, 5.74) is 0. The van der Waals surface area contributed by atoms with Gasteiger partial charge in [-0.25, -0.2) is 0 Å². The second kappa shape index (κ2) is 5.13. The average molecular weight is 262 g/mol. The van der Waals surface area contributed by atoms with Gasteiger partial charge in [0, 0.05) is 0 Å². The number of carbonyl (C=O) groups is 1. The van der Waals surface area contributed by atoms with Crippen LogP contribution in [0.4, 0.5) is 0 Å². The Morgan fingerprint density at radius 1 is 1.26 bits per heavy atom. The van der Waals surface area contributed by atoms with Gasteiger partial charge < -0.3 is 10.1 Å². The van der Waals surface area contributed by atoms with Gasteiger partial charge in [0.15, 0.2) is 0 Å². The van der Waals surface area contributed by atoms with E-state index in [1.165, 1.54) is 32.1 Å². The van der Waals surface area contributed by atoms with Gasteiger partial charge in [-0.05, 0) is 62.7 Å². The minimum Gasteiger partial charge on any atom is -0.368 e. The Morgan fingerprint density at radius 2 is 1.84 bits per heavy atom. The van der Waals surface area contributed by atoms with Crippen molar-refractivity contribution in [2.24, 2.45) is 23.7 Å². The summed E-state index contributed by atoms with van der Waals surface area (Å²) in [6.45, 7) is 1.79. The van der Waals surface area contributed by atoms with E-state index in [1.54, 1.807) is 6.92 Å². The van der Waals surface area contributed by atoms with E-state index < -0.39 is 6.04 Å². The number of hydrogen-bond donors (Lipinski definition) is 1. The van der Waals surface area contributed by atoms with E-state index in [2.05, 4.69) is 5.32 Å². The topological polar surface area (TPSA) is 62.1 Å². The Bertz CT molecular complexity index is 373. The van der Waals surface area contributed by atoms with Crippen molar-refractivity contribution >= 4 is 5.91 Å². The molecule has 0 radical (unpaired) electrons. The van der Waals surface area contributed by atoms with E-state index in [1.807, 2.05) is 6.07 Å². The number of hydrogen-bond acceptors (Lipinski definition) is 3. The van der Waals surface area contributed by atoms with E-state index in [4.69, 9.17) is 10.00 Å². The monoisotopic (exact) mass is 262 g/mol. The molecule has 0 aromatic carbocycles. The van der Waals surface area contributed by atoms with E-state index in [0.717, 1.165) is 11.8 Å². The van der Waals surface area contributed by atoms with Gasteiger partial charge in [0.2, 0.25) is 5.91 Å². The summed E-state index contributed by atoms with van der Waals surface area (Å²) in [7, 11) is 0. The number of rotatable bonds is 4. The minimum atomic E-state index is -0.436. The molecule has 0 aromatic rings. The first kappa shape index (κ1) is 12.9. The van der Waals surface area contributed by atoms with Crippen molar-refractivity contribution < 1.29 is 9.53 Å². The zero-order valence-electron chi connectivity index (χ0n) is 11.5. The van der Waals surface area contributed by atoms with Crippen molar-refractivity contribution in [1.29, 1.82) is 5.26 Å². The van der Waals surface area contributed by atoms with Gasteiger partial charge in [0.25, 0.3) is 0 Å². The quantitative estimate of drug-likeness (QED) is 0.841. The zero-order valence-corrected chi connectivity index (χ0v) is 11.5. The molecule has 4 saturated carbocycles. The predicted molar refractivity (Wildman–Crippen MR) is 70.0 cm³/mol. The first-order valence-electron chi connectivity index (χ1n) is 7.46. The lowest BCUT2D eigenvalue weighted by Gasteiger charge is -2.53. The summed E-state index contributed by atoms with van der Waals surface area (Å²) >= 11 is 0. The van der Waals surface area contributed by atoms with E-state index in [0.29, 0.717) is 11.8 Å². The van der Waals surface area contributed by atoms with Crippen molar-refractivity contribution in [3.63, 3.8) is 0 Å². The molecule has 1 unspecified atom stereocenters. The van der Waals surface area contributed by atoms with Crippen LogP contribution in [0.15, 0.2) is 0 Å². The van der Waals surface area contributed by atoms with Crippen molar-refractivity contribution in [1.82, 2.24) is 5.32 Å². The van der Waals surface area contributed by atoms with Crippen molar-refractivity contribution in [2.75, 3.05) is 6.61 Å². The molecule has 4 aliphatic rings. The Hall–Kier alpha value is -1.08. The Labute approximate surface area is 114 Å². The Kier molecular flexibility index (Phi) is 3.49. The highest BCUT2D eigenvalue weighted by Gasteiger charge is 2.48. The molecule has 0 aliphatic heterocycles. The highest BCUT2D eigenvalue weighted by atomic mass is 16.5. The fraction of sp³-hybridized carbons (Fsp3) is 0.867. The molecule has 1 atom stereocenters. The van der Waals surface area contributed by atoms with Crippen LogP contribution in [0, 0.1) is 35.0 Å². The fourth-order valence-electron chi connectivity index (χ4n) is 4.63. The van der Waals surface area contributed by atoms with Crippen LogP contribution < -0.4 is 5.32 Å². The molecule has 0 spiro atoms. The van der Waals surface area contributed by atoms with Crippen LogP contribution in [0.3, 0.4) is 0 Å². The zero-order chi connectivity index (χ0) is 13.4. The summed E-state index contributed by atoms with van der Waals surface area (Å²) in [4.78, 5) is 11.7. The first-order valence-corrected chi connectivity index (χ1v) is 7.46. The third kappa shape index (κ3) is 2.62. The molecule has 0 aromatic heterocycles. The normalized spacial score (nSPS) is 40.7. The van der Waals surface area contributed by atoms with Crippen molar-refractivity contribution in [3.05, 3.63) is 0 Å². The van der Waals surface area contributed by atoms with Crippen molar-refractivity contribution in [2.45, 2.75) is 51.2 Å². The van der Waals surface area contributed by atoms with Crippen LogP contribution in [0.5, 0.6) is 0 Å². The molecule has 4 fully saturated rings. The van der Waals surface area contributed by atoms with Crippen LogP contribution in [0.2, 0.25) is 0 Å². The molecule has 104 valence electrons. The lowest BCUT2D eigenvalue weighted by atomic mass is 9.55. The summed E-state index contributed by atoms with van der Waals surface area (Å²) in [5.74, 6) is 3.04. The second-order valence-electron chi connectivity index (χ2n) is 6.62. The van der Waals surface area contributed by atoms with E-state index in [9.17, 15) is 4.79 Å². The summed E-state index contributed by atoms with van der Waals surface area (Å²) in [6.07, 6.45) is 6.92. The van der Waals surface area contributed by atoms with Crippen LogP contribution in [0.1, 0.15) is 39.0 Å². The minimum absolute atomic E-state index is 0.110. The van der Waals surface area contributed by atoms with Gasteiger partial charge in [0.1, 0.15) is 12.6 Å². The van der Waals surface area contributed by atoms with E-state index in [-0.39, 0.29) is 18.6 Å². The maximum atomic E-state index is 11.7. The van der Waals surface area contributed by atoms with Crippen LogP contribution >= 0.6 is 0 Å². The molecule has 0 saturated heterocycles. The summed E-state index contributed by atoms with van der Waals surface area (Å²) < 4.78 is 5.90. The molecule has 0 heterocycles. The molecule has 1 amide bonds. The average Bonchev–Trinajstić information content (AvgIpc) is 2.36. The number of carbonyl (C=O) groups excluding carboxylic acids is 1. The summed E-state index contributed by atoms with van der Waals surface area (Å²) in [5, 5.41) is 11.3. The fourth-order valence-corrected chi connectivity index (χ4v) is 4.63. The smallest absolute Gasteiger partial charge is 0.247 e. The lowest BCUT2D eigenvalue weighted by molar-refractivity contribution is -0.146. The number of ether oxygens (including phenoxy) is 1. The SMILES string of the molecule is CC(C#N)NC(=O)COC1C2CC3CC(C2)CC1C3. The number of amides is 1. The molecule has 19 heavy (non-hydrogen) atoms. The third-order valence-electron chi connectivity index (χ3n) is 5.12. The number of nitrogens with one attached hydrogen (secondary N) is 1. The predicted octanol–water partition coefficient (Wildman–Crippen LogP) is 1.86. The maximum Gasteiger partial charge on any atom is 0.247 e. The Balaban J connectivity index is 1.51. The standard InChI is InChI=1S/C15H22N2O2/c1-9(7-16)17-14(18)8-19-15-12-3-10-2-11(5-12)6-13(15)4-10/h9-13,15H,2-6,8H2,1H3,(H,17,18).